The summed E-state index contributed by atoms with van der Waals surface area (Å²) in [7, 11) is 0. The van der Waals surface area contributed by atoms with Gasteiger partial charge in [0.2, 0.25) is 0 Å². The van der Waals surface area contributed by atoms with E-state index in [2.05, 4.69) is 12.2 Å². The molecule has 2 rings (SSSR count). The van der Waals surface area contributed by atoms with Crippen molar-refractivity contribution in [1.82, 2.24) is 5.32 Å². The van der Waals surface area contributed by atoms with Gasteiger partial charge in [0, 0.05) is 18.2 Å². The van der Waals surface area contributed by atoms with Gasteiger partial charge in [-0.2, -0.15) is 0 Å². The largest absolute Gasteiger partial charge is 0.504 e. The number of rotatable bonds is 5. The van der Waals surface area contributed by atoms with Gasteiger partial charge in [-0.3, -0.25) is 0 Å². The molecule has 3 heteroatoms. The highest BCUT2D eigenvalue weighted by Gasteiger charge is 2.22. The molecule has 0 aliphatic heterocycles. The van der Waals surface area contributed by atoms with Crippen molar-refractivity contribution in [2.45, 2.75) is 58.0 Å². The second kappa shape index (κ2) is 6.80. The third-order valence-electron chi connectivity index (χ3n) is 4.31. The van der Waals surface area contributed by atoms with E-state index in [9.17, 15) is 10.2 Å². The minimum atomic E-state index is -0.0370. The highest BCUT2D eigenvalue weighted by molar-refractivity contribution is 5.44. The number of hydrogen-bond donors (Lipinski definition) is 3. The molecule has 0 saturated heterocycles. The maximum absolute atomic E-state index is 9.80. The molecule has 19 heavy (non-hydrogen) atoms. The Morgan fingerprint density at radius 2 is 1.95 bits per heavy atom. The fraction of sp³-hybridized carbons (Fsp3) is 0.625. The Morgan fingerprint density at radius 1 is 1.21 bits per heavy atom. The van der Waals surface area contributed by atoms with Crippen molar-refractivity contribution in [2.75, 3.05) is 0 Å². The number of nitrogens with one attached hydrogen (secondary N) is 1. The van der Waals surface area contributed by atoms with Crippen LogP contribution in [-0.4, -0.2) is 16.3 Å². The second-order valence-corrected chi connectivity index (χ2v) is 5.58. The average molecular weight is 263 g/mol. The molecule has 0 spiro atoms. The normalized spacial score (nSPS) is 18.4. The second-order valence-electron chi connectivity index (χ2n) is 5.58. The topological polar surface area (TPSA) is 52.5 Å². The molecule has 1 fully saturated rings. The molecule has 1 atom stereocenters. The van der Waals surface area contributed by atoms with Crippen molar-refractivity contribution in [3.63, 3.8) is 0 Å². The summed E-state index contributed by atoms with van der Waals surface area (Å²) in [6, 6.07) is 5.66. The molecule has 1 unspecified atom stereocenters. The quantitative estimate of drug-likeness (QED) is 0.712. The minimum absolute atomic E-state index is 0.00787. The zero-order chi connectivity index (χ0) is 13.7. The van der Waals surface area contributed by atoms with Crippen LogP contribution < -0.4 is 5.32 Å². The van der Waals surface area contributed by atoms with Gasteiger partial charge in [0.1, 0.15) is 0 Å². The molecule has 3 nitrogen and oxygen atoms in total. The Hall–Kier alpha value is -1.22. The molecule has 0 aromatic heterocycles. The molecule has 0 radical (unpaired) electrons. The summed E-state index contributed by atoms with van der Waals surface area (Å²) >= 11 is 0. The van der Waals surface area contributed by atoms with Gasteiger partial charge in [-0.05, 0) is 31.2 Å². The highest BCUT2D eigenvalue weighted by atomic mass is 16.3. The summed E-state index contributed by atoms with van der Waals surface area (Å²) in [5, 5.41) is 22.8. The number of aromatic hydroxyl groups is 2. The first-order valence-corrected chi connectivity index (χ1v) is 7.45. The predicted octanol–water partition coefficient (Wildman–Crippen LogP) is 3.55. The maximum atomic E-state index is 9.80. The van der Waals surface area contributed by atoms with E-state index in [0.717, 1.165) is 17.9 Å². The standard InChI is InChI=1S/C16H25NO2/c1-2-14(12-7-4-3-5-8-12)17-11-13-9-6-10-15(18)16(13)19/h6,9-10,12,14,17-19H,2-5,7-8,11H2,1H3. The van der Waals surface area contributed by atoms with Crippen LogP contribution in [0, 0.1) is 5.92 Å². The molecule has 1 aromatic carbocycles. The Morgan fingerprint density at radius 3 is 2.63 bits per heavy atom. The molecule has 1 aromatic rings. The van der Waals surface area contributed by atoms with Crippen LogP contribution in [0.2, 0.25) is 0 Å². The van der Waals surface area contributed by atoms with Crippen LogP contribution in [0.3, 0.4) is 0 Å². The zero-order valence-corrected chi connectivity index (χ0v) is 11.7. The van der Waals surface area contributed by atoms with Gasteiger partial charge in [0.15, 0.2) is 11.5 Å². The van der Waals surface area contributed by atoms with Crippen LogP contribution in [0.5, 0.6) is 11.5 Å². The lowest BCUT2D eigenvalue weighted by Gasteiger charge is -2.30. The number of phenolic OH excluding ortho intramolecular Hbond substituents is 2. The van der Waals surface area contributed by atoms with Crippen LogP contribution in [0.25, 0.3) is 0 Å². The van der Waals surface area contributed by atoms with Crippen molar-refractivity contribution >= 4 is 0 Å². The smallest absolute Gasteiger partial charge is 0.161 e. The average Bonchev–Trinajstić information content (AvgIpc) is 2.45. The number of benzene rings is 1. The lowest BCUT2D eigenvalue weighted by molar-refractivity contribution is 0.261. The molecule has 1 aliphatic rings. The van der Waals surface area contributed by atoms with Crippen molar-refractivity contribution in [3.8, 4) is 11.5 Å². The third-order valence-corrected chi connectivity index (χ3v) is 4.31. The van der Waals surface area contributed by atoms with E-state index in [1.54, 1.807) is 6.07 Å². The monoisotopic (exact) mass is 263 g/mol. The number of hydrogen-bond acceptors (Lipinski definition) is 3. The molecule has 1 saturated carbocycles. The first-order chi connectivity index (χ1) is 9.22. The lowest BCUT2D eigenvalue weighted by Crippen LogP contribution is -2.36. The molecule has 3 N–H and O–H groups in total. The van der Waals surface area contributed by atoms with Gasteiger partial charge >= 0.3 is 0 Å². The van der Waals surface area contributed by atoms with E-state index in [1.807, 2.05) is 6.07 Å². The highest BCUT2D eigenvalue weighted by Crippen LogP contribution is 2.30. The molecule has 0 heterocycles. The predicted molar refractivity (Wildman–Crippen MR) is 77.3 cm³/mol. The SMILES string of the molecule is CCC(NCc1cccc(O)c1O)C1CCCCC1. The van der Waals surface area contributed by atoms with Crippen molar-refractivity contribution in [3.05, 3.63) is 23.8 Å². The Balaban J connectivity index is 1.93. The fourth-order valence-corrected chi connectivity index (χ4v) is 3.14. The summed E-state index contributed by atoms with van der Waals surface area (Å²) < 4.78 is 0. The molecule has 0 amide bonds. The van der Waals surface area contributed by atoms with Gasteiger partial charge in [-0.15, -0.1) is 0 Å². The molecule has 1 aliphatic carbocycles. The summed E-state index contributed by atoms with van der Waals surface area (Å²) in [5.74, 6) is 0.733. The van der Waals surface area contributed by atoms with Crippen molar-refractivity contribution in [1.29, 1.82) is 0 Å². The van der Waals surface area contributed by atoms with E-state index in [0.29, 0.717) is 12.6 Å². The minimum Gasteiger partial charge on any atom is -0.504 e. The van der Waals surface area contributed by atoms with E-state index < -0.39 is 0 Å². The third kappa shape index (κ3) is 3.63. The molecule has 106 valence electrons. The Kier molecular flexibility index (Phi) is 5.08. The van der Waals surface area contributed by atoms with Crippen molar-refractivity contribution in [2.24, 2.45) is 5.92 Å². The summed E-state index contributed by atoms with van der Waals surface area (Å²) in [5.41, 5.74) is 0.772. The van der Waals surface area contributed by atoms with Gasteiger partial charge in [-0.1, -0.05) is 38.3 Å². The fourth-order valence-electron chi connectivity index (χ4n) is 3.14. The van der Waals surface area contributed by atoms with Crippen LogP contribution in [0.15, 0.2) is 18.2 Å². The van der Waals surface area contributed by atoms with E-state index >= 15 is 0 Å². The first-order valence-electron chi connectivity index (χ1n) is 7.45. The van der Waals surface area contributed by atoms with Gasteiger partial charge < -0.3 is 15.5 Å². The number of phenols is 2. The summed E-state index contributed by atoms with van der Waals surface area (Å²) in [6.07, 6.45) is 7.82. The van der Waals surface area contributed by atoms with Crippen LogP contribution in [-0.2, 0) is 6.54 Å². The maximum Gasteiger partial charge on any atom is 0.161 e. The van der Waals surface area contributed by atoms with Crippen molar-refractivity contribution < 1.29 is 10.2 Å². The molecular formula is C16H25NO2. The van der Waals surface area contributed by atoms with Crippen LogP contribution in [0.1, 0.15) is 51.0 Å². The zero-order valence-electron chi connectivity index (χ0n) is 11.7. The van der Waals surface area contributed by atoms with Gasteiger partial charge in [0.25, 0.3) is 0 Å². The number of para-hydroxylation sites is 1. The summed E-state index contributed by atoms with van der Waals surface area (Å²) in [4.78, 5) is 0. The Bertz CT molecular complexity index is 400. The van der Waals surface area contributed by atoms with E-state index in [4.69, 9.17) is 0 Å². The van der Waals surface area contributed by atoms with Crippen LogP contribution >= 0.6 is 0 Å². The Labute approximate surface area is 115 Å². The first kappa shape index (κ1) is 14.2. The van der Waals surface area contributed by atoms with Crippen LogP contribution in [0.4, 0.5) is 0 Å². The molecular weight excluding hydrogens is 238 g/mol. The molecule has 0 bridgehead atoms. The van der Waals surface area contributed by atoms with Gasteiger partial charge in [0.05, 0.1) is 0 Å². The van der Waals surface area contributed by atoms with E-state index in [-0.39, 0.29) is 11.5 Å². The lowest BCUT2D eigenvalue weighted by atomic mass is 9.83. The van der Waals surface area contributed by atoms with E-state index in [1.165, 1.54) is 38.2 Å². The van der Waals surface area contributed by atoms with Gasteiger partial charge in [-0.25, -0.2) is 0 Å². The summed E-state index contributed by atoms with van der Waals surface area (Å²) in [6.45, 7) is 2.84.